The number of likely N-dealkylation sites (N-methyl/N-ethyl adjacent to an activating group) is 1. The standard InChI is InChI=1S/C10H12N2O5S/c1-11(6-8-7-17-8)18(15,16)10-5-3-2-4-9(10)12(13)14/h2-5,8H,6-7H2,1H3/t8-/m0/s1. The van der Waals surface area contributed by atoms with Gasteiger partial charge >= 0.3 is 0 Å². The number of hydrogen-bond donors (Lipinski definition) is 0. The Morgan fingerprint density at radius 3 is 2.67 bits per heavy atom. The summed E-state index contributed by atoms with van der Waals surface area (Å²) in [4.78, 5) is 9.83. The summed E-state index contributed by atoms with van der Waals surface area (Å²) < 4.78 is 30.4. The Labute approximate surface area is 104 Å². The van der Waals surface area contributed by atoms with Crippen molar-refractivity contribution < 1.29 is 18.1 Å². The van der Waals surface area contributed by atoms with Crippen LogP contribution < -0.4 is 0 Å². The van der Waals surface area contributed by atoms with E-state index in [0.29, 0.717) is 6.61 Å². The van der Waals surface area contributed by atoms with Crippen LogP contribution in [-0.2, 0) is 14.8 Å². The van der Waals surface area contributed by atoms with E-state index in [2.05, 4.69) is 0 Å². The normalized spacial score (nSPS) is 18.9. The molecule has 1 atom stereocenters. The molecule has 8 heteroatoms. The van der Waals surface area contributed by atoms with Crippen LogP contribution in [0.4, 0.5) is 5.69 Å². The summed E-state index contributed by atoms with van der Waals surface area (Å²) in [6.45, 7) is 0.727. The average Bonchev–Trinajstić information content (AvgIpc) is 3.12. The first-order valence-corrected chi connectivity index (χ1v) is 6.68. The van der Waals surface area contributed by atoms with Crippen molar-refractivity contribution in [3.8, 4) is 0 Å². The number of epoxide rings is 1. The molecule has 1 saturated heterocycles. The number of para-hydroxylation sites is 1. The highest BCUT2D eigenvalue weighted by atomic mass is 32.2. The van der Waals surface area contributed by atoms with Crippen molar-refractivity contribution in [2.75, 3.05) is 20.2 Å². The Morgan fingerprint density at radius 1 is 1.50 bits per heavy atom. The number of nitro benzene ring substituents is 1. The van der Waals surface area contributed by atoms with E-state index in [4.69, 9.17) is 4.74 Å². The molecule has 1 aromatic rings. The van der Waals surface area contributed by atoms with E-state index in [9.17, 15) is 18.5 Å². The van der Waals surface area contributed by atoms with E-state index >= 15 is 0 Å². The summed E-state index contributed by atoms with van der Waals surface area (Å²) in [5.74, 6) is 0. The van der Waals surface area contributed by atoms with Crippen molar-refractivity contribution in [2.24, 2.45) is 0 Å². The van der Waals surface area contributed by atoms with Gasteiger partial charge in [0.25, 0.3) is 5.69 Å². The van der Waals surface area contributed by atoms with Crippen LogP contribution in [0.25, 0.3) is 0 Å². The monoisotopic (exact) mass is 272 g/mol. The molecule has 98 valence electrons. The quantitative estimate of drug-likeness (QED) is 0.445. The molecule has 0 N–H and O–H groups in total. The number of hydrogen-bond acceptors (Lipinski definition) is 5. The molecule has 0 saturated carbocycles. The lowest BCUT2D eigenvalue weighted by Crippen LogP contribution is -2.31. The molecule has 1 aromatic carbocycles. The molecule has 0 spiro atoms. The van der Waals surface area contributed by atoms with Gasteiger partial charge in [0.1, 0.15) is 0 Å². The van der Waals surface area contributed by atoms with E-state index in [1.807, 2.05) is 0 Å². The fraction of sp³-hybridized carbons (Fsp3) is 0.400. The van der Waals surface area contributed by atoms with Gasteiger partial charge in [-0.25, -0.2) is 8.42 Å². The number of ether oxygens (including phenoxy) is 1. The van der Waals surface area contributed by atoms with E-state index in [1.54, 1.807) is 0 Å². The number of sulfonamides is 1. The maximum Gasteiger partial charge on any atom is 0.289 e. The average molecular weight is 272 g/mol. The summed E-state index contributed by atoms with van der Waals surface area (Å²) in [7, 11) is -2.48. The van der Waals surface area contributed by atoms with Gasteiger partial charge in [-0.05, 0) is 6.07 Å². The minimum Gasteiger partial charge on any atom is -0.372 e. The lowest BCUT2D eigenvalue weighted by Gasteiger charge is -2.15. The summed E-state index contributed by atoms with van der Waals surface area (Å²) in [6, 6.07) is 5.30. The molecule has 0 amide bonds. The van der Waals surface area contributed by atoms with Gasteiger partial charge in [-0.2, -0.15) is 4.31 Å². The van der Waals surface area contributed by atoms with Crippen molar-refractivity contribution in [3.05, 3.63) is 34.4 Å². The molecular formula is C10H12N2O5S. The maximum atomic E-state index is 12.2. The Kier molecular flexibility index (Phi) is 3.33. The minimum atomic E-state index is -3.86. The van der Waals surface area contributed by atoms with Crippen molar-refractivity contribution in [1.29, 1.82) is 0 Å². The van der Waals surface area contributed by atoms with E-state index in [0.717, 1.165) is 4.31 Å². The predicted octanol–water partition coefficient (Wildman–Crippen LogP) is 0.614. The Bertz CT molecular complexity index is 567. The van der Waals surface area contributed by atoms with Crippen LogP contribution in [0.1, 0.15) is 0 Å². The van der Waals surface area contributed by atoms with Crippen molar-refractivity contribution in [2.45, 2.75) is 11.0 Å². The van der Waals surface area contributed by atoms with Crippen LogP contribution >= 0.6 is 0 Å². The summed E-state index contributed by atoms with van der Waals surface area (Å²) in [6.07, 6.45) is -0.104. The third-order valence-electron chi connectivity index (χ3n) is 2.61. The summed E-state index contributed by atoms with van der Waals surface area (Å²) in [5.41, 5.74) is -0.416. The predicted molar refractivity (Wildman–Crippen MR) is 62.7 cm³/mol. The maximum absolute atomic E-state index is 12.2. The highest BCUT2D eigenvalue weighted by Crippen LogP contribution is 2.26. The number of benzene rings is 1. The van der Waals surface area contributed by atoms with Crippen molar-refractivity contribution in [1.82, 2.24) is 4.31 Å². The highest BCUT2D eigenvalue weighted by Gasteiger charge is 2.33. The van der Waals surface area contributed by atoms with E-state index < -0.39 is 20.6 Å². The second-order valence-corrected chi connectivity index (χ2v) is 5.98. The van der Waals surface area contributed by atoms with E-state index in [-0.39, 0.29) is 17.5 Å². The Balaban J connectivity index is 2.36. The van der Waals surface area contributed by atoms with Gasteiger partial charge in [-0.1, -0.05) is 12.1 Å². The fourth-order valence-electron chi connectivity index (χ4n) is 1.55. The molecule has 1 aliphatic heterocycles. The van der Waals surface area contributed by atoms with Crippen molar-refractivity contribution in [3.63, 3.8) is 0 Å². The summed E-state index contributed by atoms with van der Waals surface area (Å²) >= 11 is 0. The molecule has 0 aliphatic carbocycles. The first-order valence-electron chi connectivity index (χ1n) is 5.24. The smallest absolute Gasteiger partial charge is 0.289 e. The van der Waals surface area contributed by atoms with Crippen LogP contribution in [0.3, 0.4) is 0 Å². The third kappa shape index (κ3) is 2.50. The first-order chi connectivity index (χ1) is 8.43. The highest BCUT2D eigenvalue weighted by molar-refractivity contribution is 7.89. The second-order valence-electron chi connectivity index (χ2n) is 3.97. The van der Waals surface area contributed by atoms with Crippen LogP contribution in [0.15, 0.2) is 29.2 Å². The molecule has 1 fully saturated rings. The fourth-order valence-corrected chi connectivity index (χ4v) is 2.91. The number of nitro groups is 1. The van der Waals surface area contributed by atoms with Crippen LogP contribution in [0, 0.1) is 10.1 Å². The van der Waals surface area contributed by atoms with Gasteiger partial charge in [0.15, 0.2) is 4.90 Å². The molecule has 0 radical (unpaired) electrons. The van der Waals surface area contributed by atoms with E-state index in [1.165, 1.54) is 31.3 Å². The molecule has 1 heterocycles. The van der Waals surface area contributed by atoms with Crippen molar-refractivity contribution >= 4 is 15.7 Å². The van der Waals surface area contributed by atoms with Gasteiger partial charge < -0.3 is 4.74 Å². The number of rotatable bonds is 5. The molecule has 0 bridgehead atoms. The molecule has 18 heavy (non-hydrogen) atoms. The second kappa shape index (κ2) is 4.63. The number of nitrogens with zero attached hydrogens (tertiary/aromatic N) is 2. The zero-order chi connectivity index (χ0) is 13.3. The Hall–Kier alpha value is -1.51. The zero-order valence-electron chi connectivity index (χ0n) is 9.64. The van der Waals surface area contributed by atoms with Crippen LogP contribution in [0.5, 0.6) is 0 Å². The lowest BCUT2D eigenvalue weighted by molar-refractivity contribution is -0.387. The summed E-state index contributed by atoms with van der Waals surface area (Å²) in [5, 5.41) is 10.8. The molecule has 0 unspecified atom stereocenters. The van der Waals surface area contributed by atoms with Crippen LogP contribution in [-0.4, -0.2) is 43.9 Å². The molecule has 1 aliphatic rings. The zero-order valence-corrected chi connectivity index (χ0v) is 10.5. The first kappa shape index (κ1) is 12.9. The molecular weight excluding hydrogens is 260 g/mol. The molecule has 0 aromatic heterocycles. The van der Waals surface area contributed by atoms with Gasteiger partial charge in [-0.3, -0.25) is 10.1 Å². The van der Waals surface area contributed by atoms with Gasteiger partial charge in [0, 0.05) is 19.7 Å². The largest absolute Gasteiger partial charge is 0.372 e. The van der Waals surface area contributed by atoms with Crippen LogP contribution in [0.2, 0.25) is 0 Å². The molecule has 2 rings (SSSR count). The van der Waals surface area contributed by atoms with Gasteiger partial charge in [-0.15, -0.1) is 0 Å². The van der Waals surface area contributed by atoms with Gasteiger partial charge in [0.2, 0.25) is 10.0 Å². The molecule has 7 nitrogen and oxygen atoms in total. The topological polar surface area (TPSA) is 93.1 Å². The SMILES string of the molecule is CN(C[C@H]1CO1)S(=O)(=O)c1ccccc1[N+](=O)[O-]. The lowest BCUT2D eigenvalue weighted by atomic mass is 10.3. The minimum absolute atomic E-state index is 0.104. The Morgan fingerprint density at radius 2 is 2.11 bits per heavy atom. The third-order valence-corrected chi connectivity index (χ3v) is 4.48. The van der Waals surface area contributed by atoms with Gasteiger partial charge in [0.05, 0.1) is 17.6 Å².